The van der Waals surface area contributed by atoms with Crippen molar-refractivity contribution in [2.45, 2.75) is 38.8 Å². The maximum absolute atomic E-state index is 12.7. The standard InChI is InChI=1S/C26H27N5O4/c1-16(2)34-23-9-6-17(14-18(23)15-27)25-29-24(30-35-25)21-5-3-4-20-19(21)7-8-22(20)28-26(32)31-10-12-33-13-11-31/h3-6,9,14,16,22H,7-8,10-13H2,1-2H3,(H,28,32). The van der Waals surface area contributed by atoms with Crippen LogP contribution in [-0.2, 0) is 11.2 Å². The lowest BCUT2D eigenvalue weighted by Gasteiger charge is -2.28. The van der Waals surface area contributed by atoms with E-state index in [1.54, 1.807) is 17.0 Å². The molecule has 1 aliphatic heterocycles. The Hall–Kier alpha value is -3.90. The van der Waals surface area contributed by atoms with E-state index in [2.05, 4.69) is 21.5 Å². The number of nitrogens with one attached hydrogen (secondary N) is 1. The lowest BCUT2D eigenvalue weighted by molar-refractivity contribution is 0.0525. The minimum absolute atomic E-state index is 0.0365. The van der Waals surface area contributed by atoms with Gasteiger partial charge in [0.15, 0.2) is 0 Å². The quantitative estimate of drug-likeness (QED) is 0.594. The zero-order valence-corrected chi connectivity index (χ0v) is 19.8. The van der Waals surface area contributed by atoms with Gasteiger partial charge in [-0.3, -0.25) is 0 Å². The van der Waals surface area contributed by atoms with Gasteiger partial charge in [-0.1, -0.05) is 23.4 Å². The molecule has 2 aliphatic rings. The highest BCUT2D eigenvalue weighted by Crippen LogP contribution is 2.37. The van der Waals surface area contributed by atoms with E-state index in [4.69, 9.17) is 14.0 Å². The van der Waals surface area contributed by atoms with E-state index >= 15 is 0 Å². The Labute approximate surface area is 203 Å². The van der Waals surface area contributed by atoms with Crippen molar-refractivity contribution < 1.29 is 18.8 Å². The first-order valence-corrected chi connectivity index (χ1v) is 11.8. The number of benzene rings is 2. The van der Waals surface area contributed by atoms with Crippen LogP contribution in [0.1, 0.15) is 43.0 Å². The second-order valence-corrected chi connectivity index (χ2v) is 8.93. The van der Waals surface area contributed by atoms with Gasteiger partial charge in [-0.15, -0.1) is 0 Å². The van der Waals surface area contributed by atoms with Crippen LogP contribution >= 0.6 is 0 Å². The molecule has 1 atom stereocenters. The Kier molecular flexibility index (Phi) is 6.38. The predicted octanol–water partition coefficient (Wildman–Crippen LogP) is 4.09. The SMILES string of the molecule is CC(C)Oc1ccc(-c2nc(-c3cccc4c3CCC4NC(=O)N3CCOCC3)no2)cc1C#N. The second kappa shape index (κ2) is 9.76. The number of morpholine rings is 1. The normalized spacial score (nSPS) is 17.2. The number of fused-ring (bicyclic) bond motifs is 1. The maximum atomic E-state index is 12.7. The van der Waals surface area contributed by atoms with Crippen LogP contribution in [-0.4, -0.2) is 53.5 Å². The lowest BCUT2D eigenvalue weighted by atomic mass is 10.0. The summed E-state index contributed by atoms with van der Waals surface area (Å²) in [5.41, 5.74) is 4.15. The number of carbonyl (C=O) groups excluding carboxylic acids is 1. The highest BCUT2D eigenvalue weighted by Gasteiger charge is 2.29. The topological polar surface area (TPSA) is 114 Å². The third-order valence-corrected chi connectivity index (χ3v) is 6.24. The molecular formula is C26H27N5O4. The van der Waals surface area contributed by atoms with E-state index in [1.165, 1.54) is 0 Å². The van der Waals surface area contributed by atoms with Gasteiger partial charge in [-0.2, -0.15) is 10.2 Å². The predicted molar refractivity (Wildman–Crippen MR) is 128 cm³/mol. The average Bonchev–Trinajstić information content (AvgIpc) is 3.52. The van der Waals surface area contributed by atoms with Gasteiger partial charge in [0, 0.05) is 24.2 Å². The third kappa shape index (κ3) is 4.70. The number of urea groups is 1. The van der Waals surface area contributed by atoms with Crippen molar-refractivity contribution in [1.82, 2.24) is 20.4 Å². The molecular weight excluding hydrogens is 446 g/mol. The van der Waals surface area contributed by atoms with Crippen molar-refractivity contribution in [3.05, 3.63) is 53.1 Å². The summed E-state index contributed by atoms with van der Waals surface area (Å²) in [6, 6.07) is 13.3. The minimum atomic E-state index is -0.0587. The van der Waals surface area contributed by atoms with Crippen LogP contribution < -0.4 is 10.1 Å². The van der Waals surface area contributed by atoms with Crippen molar-refractivity contribution in [3.63, 3.8) is 0 Å². The summed E-state index contributed by atoms with van der Waals surface area (Å²) in [5, 5.41) is 16.9. The molecule has 9 heteroatoms. The number of aromatic nitrogens is 2. The molecule has 1 N–H and O–H groups in total. The number of nitrogens with zero attached hydrogens (tertiary/aromatic N) is 4. The van der Waals surface area contributed by atoms with E-state index < -0.39 is 0 Å². The molecule has 0 radical (unpaired) electrons. The van der Waals surface area contributed by atoms with E-state index in [1.807, 2.05) is 38.1 Å². The summed E-state index contributed by atoms with van der Waals surface area (Å²) in [7, 11) is 0. The molecule has 35 heavy (non-hydrogen) atoms. The molecule has 1 aliphatic carbocycles. The van der Waals surface area contributed by atoms with Gasteiger partial charge in [-0.25, -0.2) is 4.79 Å². The highest BCUT2D eigenvalue weighted by molar-refractivity contribution is 5.76. The molecule has 1 aromatic heterocycles. The summed E-state index contributed by atoms with van der Waals surface area (Å²) in [5.74, 6) is 1.34. The molecule has 0 bridgehead atoms. The third-order valence-electron chi connectivity index (χ3n) is 6.24. The monoisotopic (exact) mass is 473 g/mol. The van der Waals surface area contributed by atoms with Crippen LogP contribution in [0, 0.1) is 11.3 Å². The number of carbonyl (C=O) groups is 1. The van der Waals surface area contributed by atoms with Crippen molar-refractivity contribution >= 4 is 6.03 Å². The molecule has 180 valence electrons. The van der Waals surface area contributed by atoms with E-state index in [-0.39, 0.29) is 18.2 Å². The Morgan fingerprint density at radius 3 is 2.86 bits per heavy atom. The first-order chi connectivity index (χ1) is 17.0. The summed E-state index contributed by atoms with van der Waals surface area (Å²) < 4.78 is 16.6. The Morgan fingerprint density at radius 2 is 2.09 bits per heavy atom. The number of amides is 2. The van der Waals surface area contributed by atoms with Gasteiger partial charge in [0.25, 0.3) is 5.89 Å². The highest BCUT2D eigenvalue weighted by atomic mass is 16.5. The summed E-state index contributed by atoms with van der Waals surface area (Å²) in [6.07, 6.45) is 1.59. The molecule has 2 aromatic carbocycles. The molecule has 1 fully saturated rings. The number of rotatable bonds is 5. The van der Waals surface area contributed by atoms with Crippen LogP contribution in [0.4, 0.5) is 4.79 Å². The first-order valence-electron chi connectivity index (χ1n) is 11.8. The van der Waals surface area contributed by atoms with Crippen molar-refractivity contribution in [2.75, 3.05) is 26.3 Å². The molecule has 9 nitrogen and oxygen atoms in total. The van der Waals surface area contributed by atoms with Gasteiger partial charge < -0.3 is 24.2 Å². The summed E-state index contributed by atoms with van der Waals surface area (Å²) >= 11 is 0. The second-order valence-electron chi connectivity index (χ2n) is 8.93. The Balaban J connectivity index is 1.37. The molecule has 0 saturated carbocycles. The number of hydrogen-bond acceptors (Lipinski definition) is 7. The summed E-state index contributed by atoms with van der Waals surface area (Å²) in [6.45, 7) is 6.18. The molecule has 1 unspecified atom stereocenters. The number of ether oxygens (including phenoxy) is 2. The maximum Gasteiger partial charge on any atom is 0.318 e. The molecule has 0 spiro atoms. The molecule has 5 rings (SSSR count). The van der Waals surface area contributed by atoms with Crippen LogP contribution in [0.3, 0.4) is 0 Å². The average molecular weight is 474 g/mol. The van der Waals surface area contributed by atoms with E-state index in [9.17, 15) is 10.1 Å². The minimum Gasteiger partial charge on any atom is -0.490 e. The van der Waals surface area contributed by atoms with Gasteiger partial charge in [0.1, 0.15) is 11.8 Å². The summed E-state index contributed by atoms with van der Waals surface area (Å²) in [4.78, 5) is 19.1. The van der Waals surface area contributed by atoms with Crippen LogP contribution in [0.5, 0.6) is 5.75 Å². The van der Waals surface area contributed by atoms with Gasteiger partial charge >= 0.3 is 6.03 Å². The first kappa shape index (κ1) is 22.9. The van der Waals surface area contributed by atoms with Crippen molar-refractivity contribution in [3.8, 4) is 34.7 Å². The van der Waals surface area contributed by atoms with E-state index in [0.717, 1.165) is 29.5 Å². The van der Waals surface area contributed by atoms with Gasteiger partial charge in [-0.05, 0) is 56.0 Å². The fourth-order valence-corrected chi connectivity index (χ4v) is 4.58. The largest absolute Gasteiger partial charge is 0.490 e. The molecule has 1 saturated heterocycles. The van der Waals surface area contributed by atoms with Gasteiger partial charge in [0.05, 0.1) is 30.9 Å². The molecule has 2 amide bonds. The fourth-order valence-electron chi connectivity index (χ4n) is 4.58. The smallest absolute Gasteiger partial charge is 0.318 e. The van der Waals surface area contributed by atoms with Crippen molar-refractivity contribution in [1.29, 1.82) is 5.26 Å². The zero-order valence-electron chi connectivity index (χ0n) is 19.8. The van der Waals surface area contributed by atoms with E-state index in [0.29, 0.717) is 54.9 Å². The fraction of sp³-hybridized carbons (Fsp3) is 0.385. The Morgan fingerprint density at radius 1 is 1.26 bits per heavy atom. The van der Waals surface area contributed by atoms with Crippen LogP contribution in [0.25, 0.3) is 22.8 Å². The molecule has 2 heterocycles. The zero-order chi connectivity index (χ0) is 24.4. The number of hydrogen-bond donors (Lipinski definition) is 1. The van der Waals surface area contributed by atoms with Crippen molar-refractivity contribution in [2.24, 2.45) is 0 Å². The van der Waals surface area contributed by atoms with Gasteiger partial charge in [0.2, 0.25) is 5.82 Å². The number of nitriles is 1. The lowest BCUT2D eigenvalue weighted by Crippen LogP contribution is -2.46. The van der Waals surface area contributed by atoms with Crippen LogP contribution in [0.15, 0.2) is 40.9 Å². The molecule has 3 aromatic rings. The Bertz CT molecular complexity index is 1270. The van der Waals surface area contributed by atoms with Crippen LogP contribution in [0.2, 0.25) is 0 Å².